The van der Waals surface area contributed by atoms with E-state index in [-0.39, 0.29) is 10.8 Å². The van der Waals surface area contributed by atoms with Gasteiger partial charge in [0.15, 0.2) is 11.5 Å². The molecule has 1 aromatic heterocycles. The van der Waals surface area contributed by atoms with Gasteiger partial charge in [0.2, 0.25) is 0 Å². The van der Waals surface area contributed by atoms with Crippen molar-refractivity contribution in [1.82, 2.24) is 8.75 Å². The first kappa shape index (κ1) is 107. The van der Waals surface area contributed by atoms with Crippen molar-refractivity contribution in [3.8, 4) is 56.4 Å². The summed E-state index contributed by atoms with van der Waals surface area (Å²) < 4.78 is 26.9. The fourth-order valence-electron chi connectivity index (χ4n) is 22.5. The van der Waals surface area contributed by atoms with Gasteiger partial charge >= 0.3 is 0 Å². The minimum atomic E-state index is -0.415. The molecule has 12 aromatic rings. The first-order valence-corrected chi connectivity index (χ1v) is 56.0. The molecule has 738 valence electrons. The number of anilines is 2. The van der Waals surface area contributed by atoms with Crippen LogP contribution in [0.3, 0.4) is 0 Å². The maximum atomic E-state index is 6.19. The van der Waals surface area contributed by atoms with E-state index in [1.54, 1.807) is 22.3 Å². The molecule has 1 aliphatic heterocycles. The Morgan fingerprint density at radius 2 is 0.500 bits per heavy atom. The summed E-state index contributed by atoms with van der Waals surface area (Å²) in [7, 11) is 0. The van der Waals surface area contributed by atoms with Gasteiger partial charge < -0.3 is 19.1 Å². The molecule has 0 fully saturated rings. The third-order valence-corrected chi connectivity index (χ3v) is 30.8. The number of rotatable bonds is 49. The molecule has 6 nitrogen and oxygen atoms in total. The molecule has 0 unspecified atom stereocenters. The fourth-order valence-corrected chi connectivity index (χ4v) is 23.2. The van der Waals surface area contributed by atoms with Gasteiger partial charge in [-0.05, 0) is 263 Å². The molecule has 0 atom stereocenters. The Hall–Kier alpha value is -9.56. The number of benzene rings is 11. The lowest BCUT2D eigenvalue weighted by atomic mass is 9.67. The van der Waals surface area contributed by atoms with E-state index >= 15 is 0 Å². The van der Waals surface area contributed by atoms with Gasteiger partial charge in [-0.15, -0.1) is 0 Å². The zero-order valence-electron chi connectivity index (χ0n) is 88.9. The molecule has 0 radical (unpaired) electrons. The molecule has 16 rings (SSSR count). The molecule has 0 N–H and O–H groups in total. The second-order valence-corrected chi connectivity index (χ2v) is 42.3. The summed E-state index contributed by atoms with van der Waals surface area (Å²) in [4.78, 5) is 2.44. The number of aryl methyl sites for hydroxylation is 10. The second-order valence-electron chi connectivity index (χ2n) is 41.8. The number of hydrogen-bond acceptors (Lipinski definition) is 7. The van der Waals surface area contributed by atoms with E-state index in [0.29, 0.717) is 0 Å². The van der Waals surface area contributed by atoms with Crippen LogP contribution in [0.15, 0.2) is 206 Å². The number of ether oxygens (including phenoxy) is 3. The van der Waals surface area contributed by atoms with Crippen LogP contribution in [0.25, 0.3) is 44.4 Å². The van der Waals surface area contributed by atoms with Crippen LogP contribution < -0.4 is 19.1 Å². The average molecular weight is 1870 g/mol. The molecule has 2 heterocycles. The summed E-state index contributed by atoms with van der Waals surface area (Å²) in [5.74, 6) is 3.86. The summed E-state index contributed by atoms with van der Waals surface area (Å²) in [6.07, 6.45) is 56.1. The van der Waals surface area contributed by atoms with Gasteiger partial charge in [-0.25, -0.2) is 0 Å². The molecular weight excluding hydrogens is 1700 g/mol. The first-order chi connectivity index (χ1) is 67.3. The lowest BCUT2D eigenvalue weighted by Crippen LogP contribution is -2.28. The molecule has 0 saturated carbocycles. The third-order valence-electron chi connectivity index (χ3n) is 30.3. The highest BCUT2D eigenvalue weighted by atomic mass is 32.1. The number of unbranched alkanes of at least 4 members (excludes halogenated alkanes) is 31. The van der Waals surface area contributed by atoms with E-state index < -0.39 is 5.41 Å². The monoisotopic (exact) mass is 1870 g/mol. The summed E-state index contributed by atoms with van der Waals surface area (Å²) in [6.45, 7) is 40.4. The summed E-state index contributed by atoms with van der Waals surface area (Å²) >= 11 is 1.28. The molecule has 138 heavy (non-hydrogen) atoms. The van der Waals surface area contributed by atoms with Crippen LogP contribution >= 0.6 is 11.7 Å². The van der Waals surface area contributed by atoms with Crippen LogP contribution in [-0.4, -0.2) is 28.5 Å². The standard InChI is InChI=1S/C39H46O2.2C31H46.C22H29NO.C8H8N2S/c1-5-7-9-11-25-40-33-19-15-31(16-20-33)39(32-17-21-34(22-18-32)41-26-12-10-8-6-2)37-27-29(3)13-23-35(37)36-24-14-30(4)28-38(36)39;2*1-5-7-9-11-13-15-21-31(22-16-14-12-10-8-6-2)29-23-25(3)17-19-27(29)28-20-18-26(4)24-30(28)31;1-4-5-6-7-8-9-14-23-19-12-10-17(2)15-21(19)24-22-16-18(3)11-13-20(22)23;1-5-3-4-6(2)8-7(5)9-11-10-8/h13-24,27-28H,5-12,25-26H2,1-4H3;2*17-20,23-24H,5-16,21-22H2,1-4H3;10-13,15-16H,4-9,14H2,1-3H3;3-4H,1-2H3. The average Bonchev–Trinajstić information content (AvgIpc) is 1.53. The highest BCUT2D eigenvalue weighted by molar-refractivity contribution is 7.00. The van der Waals surface area contributed by atoms with Crippen LogP contribution in [0.4, 0.5) is 11.4 Å². The van der Waals surface area contributed by atoms with Crippen LogP contribution in [0.2, 0.25) is 0 Å². The molecular formula is C131H175N3O3S. The molecule has 0 amide bonds. The van der Waals surface area contributed by atoms with Crippen LogP contribution in [0, 0.1) is 69.2 Å². The Balaban J connectivity index is 0.000000161. The van der Waals surface area contributed by atoms with Crippen molar-refractivity contribution in [3.63, 3.8) is 0 Å². The molecule has 0 bridgehead atoms. The maximum absolute atomic E-state index is 6.19. The second kappa shape index (κ2) is 55.0. The van der Waals surface area contributed by atoms with E-state index in [1.807, 2.05) is 0 Å². The highest BCUT2D eigenvalue weighted by Gasteiger charge is 2.48. The van der Waals surface area contributed by atoms with Gasteiger partial charge in [0.25, 0.3) is 0 Å². The van der Waals surface area contributed by atoms with Gasteiger partial charge in [-0.3, -0.25) is 0 Å². The van der Waals surface area contributed by atoms with Gasteiger partial charge in [0.05, 0.1) is 41.7 Å². The first-order valence-electron chi connectivity index (χ1n) is 55.3. The van der Waals surface area contributed by atoms with Crippen molar-refractivity contribution < 1.29 is 14.2 Å². The van der Waals surface area contributed by atoms with Crippen molar-refractivity contribution in [2.24, 2.45) is 0 Å². The predicted molar refractivity (Wildman–Crippen MR) is 598 cm³/mol. The van der Waals surface area contributed by atoms with E-state index in [0.717, 1.165) is 66.6 Å². The summed E-state index contributed by atoms with van der Waals surface area (Å²) in [6, 6.07) is 77.8. The Bertz CT molecular complexity index is 5230. The Kier molecular flexibility index (Phi) is 42.8. The number of nitrogens with zero attached hydrogens (tertiary/aromatic N) is 3. The zero-order valence-corrected chi connectivity index (χ0v) is 89.7. The van der Waals surface area contributed by atoms with Gasteiger partial charge in [0.1, 0.15) is 22.5 Å². The number of aromatic nitrogens is 2. The Labute approximate surface area is 842 Å². The van der Waals surface area contributed by atoms with Gasteiger partial charge in [-0.1, -0.05) is 464 Å². The molecule has 0 spiro atoms. The van der Waals surface area contributed by atoms with E-state index in [9.17, 15) is 0 Å². The molecule has 3 aliphatic carbocycles. The van der Waals surface area contributed by atoms with Crippen LogP contribution in [0.5, 0.6) is 23.0 Å². The predicted octanol–water partition coefficient (Wildman–Crippen LogP) is 39.9. The summed E-state index contributed by atoms with van der Waals surface area (Å²) in [5, 5.41) is 0. The van der Waals surface area contributed by atoms with Crippen molar-refractivity contribution in [2.45, 2.75) is 404 Å². The molecule has 4 aliphatic rings. The van der Waals surface area contributed by atoms with Crippen molar-refractivity contribution in [1.29, 1.82) is 0 Å². The molecule has 11 aromatic carbocycles. The maximum Gasteiger partial charge on any atom is 0.151 e. The number of hydrogen-bond donors (Lipinski definition) is 0. The van der Waals surface area contributed by atoms with E-state index in [4.69, 9.17) is 14.2 Å². The summed E-state index contributed by atoms with van der Waals surface area (Å²) in [5.41, 5.74) is 38.1. The van der Waals surface area contributed by atoms with Gasteiger partial charge in [-0.2, -0.15) is 8.75 Å². The van der Waals surface area contributed by atoms with E-state index in [1.165, 1.54) is 391 Å². The van der Waals surface area contributed by atoms with E-state index in [2.05, 4.69) is 338 Å². The van der Waals surface area contributed by atoms with Gasteiger partial charge in [0, 0.05) is 17.4 Å². The van der Waals surface area contributed by atoms with Crippen molar-refractivity contribution in [3.05, 3.63) is 306 Å². The van der Waals surface area contributed by atoms with Crippen LogP contribution in [-0.2, 0) is 16.2 Å². The lowest BCUT2D eigenvalue weighted by molar-refractivity contribution is 0.305. The quantitative estimate of drug-likeness (QED) is 0.0354. The zero-order chi connectivity index (χ0) is 97.7. The number of fused-ring (bicyclic) bond motifs is 12. The minimum absolute atomic E-state index is 0.234. The topological polar surface area (TPSA) is 56.7 Å². The normalized spacial score (nSPS) is 13.2. The SMILES string of the molecule is CCCCCCCCC1(CCCCCCCC)c2cc(C)ccc2-c2ccc(C)cc21.CCCCCCCCC1(CCCCCCCC)c2cc(C)ccc2-c2ccc(C)cc21.CCCCCCCCN1c2ccc(C)cc2Oc2cc(C)ccc21.CCCCCCOc1ccc(C2(c3ccc(OCCCCCC)cc3)c3cc(C)ccc3-c3ccc(C)cc32)cc1.Cc1ccc(C)c2nsnc12. The third kappa shape index (κ3) is 27.8. The van der Waals surface area contributed by atoms with Crippen molar-refractivity contribution in [2.75, 3.05) is 24.7 Å². The van der Waals surface area contributed by atoms with Crippen LogP contribution in [0.1, 0.15) is 418 Å². The van der Waals surface area contributed by atoms with Crippen molar-refractivity contribution >= 4 is 34.1 Å². The lowest BCUT2D eigenvalue weighted by Gasteiger charge is -2.34. The largest absolute Gasteiger partial charge is 0.494 e. The Morgan fingerprint density at radius 3 is 0.797 bits per heavy atom. The smallest absolute Gasteiger partial charge is 0.151 e. The molecule has 7 heteroatoms. The molecule has 0 saturated heterocycles. The Morgan fingerprint density at radius 1 is 0.254 bits per heavy atom. The fraction of sp³-hybridized carbons (Fsp3) is 0.496. The minimum Gasteiger partial charge on any atom is -0.494 e. The highest BCUT2D eigenvalue weighted by Crippen LogP contribution is 2.60.